The van der Waals surface area contributed by atoms with Crippen LogP contribution < -0.4 is 5.32 Å². The molecule has 4 heteroatoms. The largest absolute Gasteiger partial charge is 0.389 e. The molecular formula is C16H25N3O. The van der Waals surface area contributed by atoms with Gasteiger partial charge in [-0.2, -0.15) is 0 Å². The van der Waals surface area contributed by atoms with E-state index in [1.807, 2.05) is 18.5 Å². The molecule has 1 aliphatic heterocycles. The zero-order valence-corrected chi connectivity index (χ0v) is 12.1. The van der Waals surface area contributed by atoms with Crippen LogP contribution in [-0.2, 0) is 6.54 Å². The average molecular weight is 275 g/mol. The Labute approximate surface area is 121 Å². The van der Waals surface area contributed by atoms with Crippen LogP contribution in [-0.4, -0.2) is 46.3 Å². The van der Waals surface area contributed by atoms with Crippen molar-refractivity contribution in [1.29, 1.82) is 0 Å². The molecule has 3 rings (SSSR count). The second-order valence-corrected chi connectivity index (χ2v) is 6.37. The van der Waals surface area contributed by atoms with Gasteiger partial charge in [-0.05, 0) is 56.8 Å². The highest BCUT2D eigenvalue weighted by molar-refractivity contribution is 5.08. The van der Waals surface area contributed by atoms with Gasteiger partial charge >= 0.3 is 0 Å². The number of hydrogen-bond donors (Lipinski definition) is 2. The maximum absolute atomic E-state index is 10.1. The van der Waals surface area contributed by atoms with E-state index in [9.17, 15) is 5.11 Å². The molecule has 0 unspecified atom stereocenters. The summed E-state index contributed by atoms with van der Waals surface area (Å²) in [6.45, 7) is 4.04. The topological polar surface area (TPSA) is 48.4 Å². The van der Waals surface area contributed by atoms with E-state index in [2.05, 4.69) is 21.3 Å². The molecule has 1 saturated carbocycles. The SMILES string of the molecule is OC1(CNC2CCN(Cc3cccnc3)CC2)CCC1. The molecule has 1 saturated heterocycles. The van der Waals surface area contributed by atoms with Gasteiger partial charge in [-0.3, -0.25) is 9.88 Å². The van der Waals surface area contributed by atoms with E-state index in [-0.39, 0.29) is 0 Å². The molecule has 0 amide bonds. The third-order valence-corrected chi connectivity index (χ3v) is 4.72. The fraction of sp³-hybridized carbons (Fsp3) is 0.688. The molecule has 1 aromatic heterocycles. The van der Waals surface area contributed by atoms with Crippen molar-refractivity contribution in [3.63, 3.8) is 0 Å². The van der Waals surface area contributed by atoms with Crippen molar-refractivity contribution >= 4 is 0 Å². The summed E-state index contributed by atoms with van der Waals surface area (Å²) in [4.78, 5) is 6.66. The molecule has 0 aromatic carbocycles. The van der Waals surface area contributed by atoms with Crippen molar-refractivity contribution < 1.29 is 5.11 Å². The summed E-state index contributed by atoms with van der Waals surface area (Å²) in [7, 11) is 0. The first-order chi connectivity index (χ1) is 9.73. The van der Waals surface area contributed by atoms with Crippen molar-refractivity contribution in [3.05, 3.63) is 30.1 Å². The number of likely N-dealkylation sites (tertiary alicyclic amines) is 1. The van der Waals surface area contributed by atoms with Gasteiger partial charge in [0, 0.05) is 31.5 Å². The number of rotatable bonds is 5. The Morgan fingerprint density at radius 2 is 2.15 bits per heavy atom. The maximum atomic E-state index is 10.1. The summed E-state index contributed by atoms with van der Waals surface area (Å²) < 4.78 is 0. The Bertz CT molecular complexity index is 411. The number of nitrogens with zero attached hydrogens (tertiary/aromatic N) is 2. The number of pyridine rings is 1. The number of aliphatic hydroxyl groups is 1. The lowest BCUT2D eigenvalue weighted by Crippen LogP contribution is -2.51. The van der Waals surface area contributed by atoms with Crippen molar-refractivity contribution in [3.8, 4) is 0 Å². The lowest BCUT2D eigenvalue weighted by atomic mass is 9.80. The Balaban J connectivity index is 1.38. The third kappa shape index (κ3) is 3.57. The van der Waals surface area contributed by atoms with Crippen molar-refractivity contribution in [1.82, 2.24) is 15.2 Å². The molecule has 1 aromatic rings. The minimum absolute atomic E-state index is 0.396. The molecule has 2 aliphatic rings. The van der Waals surface area contributed by atoms with Gasteiger partial charge < -0.3 is 10.4 Å². The standard InChI is InChI=1S/C16H25N3O/c20-16(6-2-7-16)13-18-15-4-9-19(10-5-15)12-14-3-1-8-17-11-14/h1,3,8,11,15,18,20H,2,4-7,9-10,12-13H2. The summed E-state index contributed by atoms with van der Waals surface area (Å²) >= 11 is 0. The lowest BCUT2D eigenvalue weighted by molar-refractivity contribution is -0.0346. The molecule has 2 N–H and O–H groups in total. The Morgan fingerprint density at radius 1 is 1.35 bits per heavy atom. The fourth-order valence-corrected chi connectivity index (χ4v) is 3.14. The number of hydrogen-bond acceptors (Lipinski definition) is 4. The molecule has 110 valence electrons. The summed E-state index contributed by atoms with van der Waals surface area (Å²) in [6.07, 6.45) is 9.26. The third-order valence-electron chi connectivity index (χ3n) is 4.72. The van der Waals surface area contributed by atoms with E-state index in [1.54, 1.807) is 0 Å². The molecule has 1 aliphatic carbocycles. The van der Waals surface area contributed by atoms with E-state index >= 15 is 0 Å². The molecule has 4 nitrogen and oxygen atoms in total. The molecular weight excluding hydrogens is 250 g/mol. The molecule has 2 fully saturated rings. The minimum Gasteiger partial charge on any atom is -0.389 e. The van der Waals surface area contributed by atoms with Crippen molar-refractivity contribution in [2.45, 2.75) is 50.3 Å². The zero-order chi connectivity index (χ0) is 13.8. The molecule has 0 atom stereocenters. The number of aromatic nitrogens is 1. The van der Waals surface area contributed by atoms with Gasteiger partial charge in [-0.15, -0.1) is 0 Å². The Kier molecular flexibility index (Phi) is 4.34. The van der Waals surface area contributed by atoms with Crippen LogP contribution in [0.4, 0.5) is 0 Å². The second-order valence-electron chi connectivity index (χ2n) is 6.37. The highest BCUT2D eigenvalue weighted by atomic mass is 16.3. The zero-order valence-electron chi connectivity index (χ0n) is 12.1. The van der Waals surface area contributed by atoms with Gasteiger partial charge in [0.1, 0.15) is 0 Å². The molecule has 0 bridgehead atoms. The average Bonchev–Trinajstić information content (AvgIpc) is 2.46. The number of piperidine rings is 1. The minimum atomic E-state index is -0.396. The highest BCUT2D eigenvalue weighted by Crippen LogP contribution is 2.31. The van der Waals surface area contributed by atoms with E-state index in [4.69, 9.17) is 0 Å². The maximum Gasteiger partial charge on any atom is 0.0771 e. The Morgan fingerprint density at radius 3 is 2.75 bits per heavy atom. The van der Waals surface area contributed by atoms with E-state index < -0.39 is 5.60 Å². The number of nitrogens with one attached hydrogen (secondary N) is 1. The van der Waals surface area contributed by atoms with Gasteiger partial charge in [0.25, 0.3) is 0 Å². The summed E-state index contributed by atoms with van der Waals surface area (Å²) in [5.41, 5.74) is 0.898. The molecule has 0 radical (unpaired) electrons. The van der Waals surface area contributed by atoms with Crippen LogP contribution >= 0.6 is 0 Å². The van der Waals surface area contributed by atoms with E-state index in [0.717, 1.165) is 39.0 Å². The van der Waals surface area contributed by atoms with Crippen LogP contribution in [0.2, 0.25) is 0 Å². The van der Waals surface area contributed by atoms with Crippen LogP contribution in [0, 0.1) is 0 Å². The monoisotopic (exact) mass is 275 g/mol. The first-order valence-corrected chi connectivity index (χ1v) is 7.81. The first-order valence-electron chi connectivity index (χ1n) is 7.81. The van der Waals surface area contributed by atoms with Gasteiger partial charge in [-0.25, -0.2) is 0 Å². The summed E-state index contributed by atoms with van der Waals surface area (Å²) in [5, 5.41) is 13.7. The quantitative estimate of drug-likeness (QED) is 0.856. The van der Waals surface area contributed by atoms with E-state index in [0.29, 0.717) is 6.04 Å². The van der Waals surface area contributed by atoms with Crippen LogP contribution in [0.5, 0.6) is 0 Å². The summed E-state index contributed by atoms with van der Waals surface area (Å²) in [6, 6.07) is 4.72. The van der Waals surface area contributed by atoms with Gasteiger partial charge in [0.05, 0.1) is 5.60 Å². The van der Waals surface area contributed by atoms with Gasteiger partial charge in [0.2, 0.25) is 0 Å². The predicted molar refractivity (Wildman–Crippen MR) is 79.3 cm³/mol. The van der Waals surface area contributed by atoms with Crippen LogP contribution in [0.25, 0.3) is 0 Å². The smallest absolute Gasteiger partial charge is 0.0771 e. The van der Waals surface area contributed by atoms with Crippen LogP contribution in [0.15, 0.2) is 24.5 Å². The summed E-state index contributed by atoms with van der Waals surface area (Å²) in [5.74, 6) is 0. The predicted octanol–water partition coefficient (Wildman–Crippen LogP) is 1.55. The van der Waals surface area contributed by atoms with Gasteiger partial charge in [-0.1, -0.05) is 6.07 Å². The molecule has 2 heterocycles. The fourth-order valence-electron chi connectivity index (χ4n) is 3.14. The van der Waals surface area contributed by atoms with Crippen LogP contribution in [0.1, 0.15) is 37.7 Å². The van der Waals surface area contributed by atoms with Crippen molar-refractivity contribution in [2.75, 3.05) is 19.6 Å². The normalized spacial score (nSPS) is 23.4. The van der Waals surface area contributed by atoms with Crippen molar-refractivity contribution in [2.24, 2.45) is 0 Å². The second kappa shape index (κ2) is 6.20. The van der Waals surface area contributed by atoms with Gasteiger partial charge in [0.15, 0.2) is 0 Å². The molecule has 20 heavy (non-hydrogen) atoms. The molecule has 0 spiro atoms. The van der Waals surface area contributed by atoms with Crippen LogP contribution in [0.3, 0.4) is 0 Å². The lowest BCUT2D eigenvalue weighted by Gasteiger charge is -2.39. The van der Waals surface area contributed by atoms with E-state index in [1.165, 1.54) is 24.8 Å². The highest BCUT2D eigenvalue weighted by Gasteiger charge is 2.34. The Hall–Kier alpha value is -0.970. The first kappa shape index (κ1) is 14.0.